The lowest BCUT2D eigenvalue weighted by atomic mass is 10.1. The van der Waals surface area contributed by atoms with Crippen molar-refractivity contribution in [2.75, 3.05) is 32.2 Å². The van der Waals surface area contributed by atoms with Crippen molar-refractivity contribution in [2.45, 2.75) is 19.6 Å². The van der Waals surface area contributed by atoms with Crippen LogP contribution in [0.2, 0.25) is 0 Å². The van der Waals surface area contributed by atoms with Crippen molar-refractivity contribution in [3.63, 3.8) is 0 Å². The third-order valence-corrected chi connectivity index (χ3v) is 5.81. The number of anilines is 1. The summed E-state index contributed by atoms with van der Waals surface area (Å²) >= 11 is 0. The van der Waals surface area contributed by atoms with Crippen LogP contribution in [0, 0.1) is 0 Å². The van der Waals surface area contributed by atoms with E-state index in [1.807, 2.05) is 48.5 Å². The molecule has 1 aliphatic rings. The van der Waals surface area contributed by atoms with Gasteiger partial charge in [-0.3, -0.25) is 9.59 Å². The van der Waals surface area contributed by atoms with Gasteiger partial charge in [-0.25, -0.2) is 0 Å². The van der Waals surface area contributed by atoms with Gasteiger partial charge in [-0.1, -0.05) is 36.4 Å². The molecule has 1 saturated heterocycles. The maximum absolute atomic E-state index is 12.1. The molecule has 7 heteroatoms. The summed E-state index contributed by atoms with van der Waals surface area (Å²) in [5.74, 6) is 1.45. The largest absolute Gasteiger partial charge is 0.497 e. The second kappa shape index (κ2) is 10.7. The van der Waals surface area contributed by atoms with Gasteiger partial charge < -0.3 is 24.6 Å². The Labute approximate surface area is 199 Å². The number of ether oxygens (including phenoxy) is 2. The first-order valence-electron chi connectivity index (χ1n) is 11.2. The fraction of sp³-hybridized carbons (Fsp3) is 0.259. The molecule has 0 atom stereocenters. The molecule has 176 valence electrons. The normalized spacial score (nSPS) is 13.4. The van der Waals surface area contributed by atoms with Gasteiger partial charge in [-0.15, -0.1) is 0 Å². The van der Waals surface area contributed by atoms with Crippen LogP contribution in [0.4, 0.5) is 5.69 Å². The van der Waals surface area contributed by atoms with Crippen LogP contribution in [-0.4, -0.2) is 44.0 Å². The number of carbonyl (C=O) groups is 2. The Balaban J connectivity index is 1.55. The maximum Gasteiger partial charge on any atom is 0.242 e. The minimum absolute atomic E-state index is 0.0613. The summed E-state index contributed by atoms with van der Waals surface area (Å²) in [6.45, 7) is 1.96. The second-order valence-corrected chi connectivity index (χ2v) is 8.25. The molecule has 2 amide bonds. The number of piperazine rings is 1. The van der Waals surface area contributed by atoms with Crippen molar-refractivity contribution in [2.24, 2.45) is 0 Å². The number of hydrogen-bond acceptors (Lipinski definition) is 5. The second-order valence-electron chi connectivity index (χ2n) is 8.25. The highest BCUT2D eigenvalue weighted by molar-refractivity contribution is 5.92. The molecule has 0 aliphatic carbocycles. The van der Waals surface area contributed by atoms with Crippen LogP contribution in [0.1, 0.15) is 16.7 Å². The number of carbonyl (C=O) groups excluding carboxylic acids is 2. The molecule has 0 radical (unpaired) electrons. The summed E-state index contributed by atoms with van der Waals surface area (Å²) in [7, 11) is 3.34. The molecule has 7 nitrogen and oxygen atoms in total. The van der Waals surface area contributed by atoms with Gasteiger partial charge in [0.1, 0.15) is 11.5 Å². The van der Waals surface area contributed by atoms with Gasteiger partial charge >= 0.3 is 0 Å². The van der Waals surface area contributed by atoms with E-state index in [1.54, 1.807) is 19.1 Å². The smallest absolute Gasteiger partial charge is 0.242 e. The Morgan fingerprint density at radius 3 is 1.97 bits per heavy atom. The topological polar surface area (TPSA) is 71.1 Å². The summed E-state index contributed by atoms with van der Waals surface area (Å²) in [5, 5.41) is 2.58. The Morgan fingerprint density at radius 2 is 1.41 bits per heavy atom. The first-order valence-corrected chi connectivity index (χ1v) is 11.2. The van der Waals surface area contributed by atoms with Crippen molar-refractivity contribution >= 4 is 17.5 Å². The van der Waals surface area contributed by atoms with E-state index >= 15 is 0 Å². The van der Waals surface area contributed by atoms with E-state index in [2.05, 4.69) is 34.5 Å². The maximum atomic E-state index is 12.1. The van der Waals surface area contributed by atoms with E-state index < -0.39 is 0 Å². The molecule has 1 heterocycles. The molecule has 0 unspecified atom stereocenters. The van der Waals surface area contributed by atoms with Crippen LogP contribution in [-0.2, 0) is 29.2 Å². The van der Waals surface area contributed by atoms with Crippen molar-refractivity contribution in [1.82, 2.24) is 10.2 Å². The fourth-order valence-electron chi connectivity index (χ4n) is 4.00. The molecule has 4 rings (SSSR count). The van der Waals surface area contributed by atoms with Crippen LogP contribution < -0.4 is 19.7 Å². The Morgan fingerprint density at radius 1 is 0.824 bits per heavy atom. The van der Waals surface area contributed by atoms with Gasteiger partial charge in [-0.2, -0.15) is 0 Å². The number of hydrogen-bond donors (Lipinski definition) is 1. The zero-order chi connectivity index (χ0) is 23.9. The third kappa shape index (κ3) is 5.86. The van der Waals surface area contributed by atoms with Gasteiger partial charge in [0.2, 0.25) is 11.8 Å². The highest BCUT2D eigenvalue weighted by Gasteiger charge is 2.23. The molecular formula is C27H29N3O4. The number of benzene rings is 3. The summed E-state index contributed by atoms with van der Waals surface area (Å²) in [6, 6.07) is 24.3. The SMILES string of the molecule is COc1cccc(CN(Cc2cccc(OC)c2)c2ccc(CN3CC(=O)NCC3=O)cc2)c1. The monoisotopic (exact) mass is 459 g/mol. The third-order valence-electron chi connectivity index (χ3n) is 5.81. The molecule has 0 aromatic heterocycles. The van der Waals surface area contributed by atoms with Crippen molar-refractivity contribution in [1.29, 1.82) is 0 Å². The van der Waals surface area contributed by atoms with Crippen LogP contribution >= 0.6 is 0 Å². The predicted molar refractivity (Wildman–Crippen MR) is 131 cm³/mol. The first-order chi connectivity index (χ1) is 16.5. The minimum Gasteiger partial charge on any atom is -0.497 e. The highest BCUT2D eigenvalue weighted by Crippen LogP contribution is 2.24. The standard InChI is InChI=1S/C27H29N3O4/c1-33-24-7-3-5-21(13-24)17-29(18-22-6-4-8-25(14-22)34-2)23-11-9-20(10-12-23)16-30-19-26(31)28-15-27(30)32/h3-14H,15-19H2,1-2H3,(H,28,31). The molecule has 34 heavy (non-hydrogen) atoms. The van der Waals surface area contributed by atoms with E-state index in [9.17, 15) is 9.59 Å². The van der Waals surface area contributed by atoms with Crippen LogP contribution in [0.5, 0.6) is 11.5 Å². The lowest BCUT2D eigenvalue weighted by Crippen LogP contribution is -2.50. The lowest BCUT2D eigenvalue weighted by molar-refractivity contribution is -0.141. The summed E-state index contributed by atoms with van der Waals surface area (Å²) in [5.41, 5.74) is 4.30. The summed E-state index contributed by atoms with van der Waals surface area (Å²) < 4.78 is 10.8. The van der Waals surface area contributed by atoms with E-state index in [1.165, 1.54) is 0 Å². The fourth-order valence-corrected chi connectivity index (χ4v) is 4.00. The Bertz CT molecular complexity index is 1100. The van der Waals surface area contributed by atoms with E-state index in [-0.39, 0.29) is 24.9 Å². The van der Waals surface area contributed by atoms with Gasteiger partial charge in [0.25, 0.3) is 0 Å². The molecule has 3 aromatic carbocycles. The highest BCUT2D eigenvalue weighted by atomic mass is 16.5. The lowest BCUT2D eigenvalue weighted by Gasteiger charge is -2.28. The van der Waals surface area contributed by atoms with E-state index in [0.717, 1.165) is 33.9 Å². The van der Waals surface area contributed by atoms with Crippen molar-refractivity contribution in [3.8, 4) is 11.5 Å². The average molecular weight is 460 g/mol. The number of rotatable bonds is 9. The molecule has 1 N–H and O–H groups in total. The van der Waals surface area contributed by atoms with Crippen LogP contribution in [0.25, 0.3) is 0 Å². The van der Waals surface area contributed by atoms with E-state index in [4.69, 9.17) is 9.47 Å². The number of nitrogens with one attached hydrogen (secondary N) is 1. The number of methoxy groups -OCH3 is 2. The van der Waals surface area contributed by atoms with Gasteiger partial charge in [0, 0.05) is 25.3 Å². The average Bonchev–Trinajstić information content (AvgIpc) is 2.86. The quantitative estimate of drug-likeness (QED) is 0.531. The van der Waals surface area contributed by atoms with Gasteiger partial charge in [0.05, 0.1) is 27.3 Å². The van der Waals surface area contributed by atoms with Crippen molar-refractivity contribution in [3.05, 3.63) is 89.5 Å². The summed E-state index contributed by atoms with van der Waals surface area (Å²) in [4.78, 5) is 27.6. The van der Waals surface area contributed by atoms with Crippen LogP contribution in [0.3, 0.4) is 0 Å². The number of amides is 2. The van der Waals surface area contributed by atoms with E-state index in [0.29, 0.717) is 19.6 Å². The molecule has 0 spiro atoms. The first kappa shape index (κ1) is 23.2. The predicted octanol–water partition coefficient (Wildman–Crippen LogP) is 3.37. The Kier molecular flexibility index (Phi) is 7.32. The van der Waals surface area contributed by atoms with Gasteiger partial charge in [-0.05, 0) is 53.1 Å². The molecule has 3 aromatic rings. The zero-order valence-corrected chi connectivity index (χ0v) is 19.5. The summed E-state index contributed by atoms with van der Waals surface area (Å²) in [6.07, 6.45) is 0. The van der Waals surface area contributed by atoms with Crippen LogP contribution in [0.15, 0.2) is 72.8 Å². The van der Waals surface area contributed by atoms with Crippen molar-refractivity contribution < 1.29 is 19.1 Å². The molecule has 0 saturated carbocycles. The molecule has 1 aliphatic heterocycles. The Hall–Kier alpha value is -4.00. The minimum atomic E-state index is -0.126. The molecule has 0 bridgehead atoms. The molecule has 1 fully saturated rings. The molecular weight excluding hydrogens is 430 g/mol. The van der Waals surface area contributed by atoms with Gasteiger partial charge in [0.15, 0.2) is 0 Å². The number of nitrogens with zero attached hydrogens (tertiary/aromatic N) is 2. The zero-order valence-electron chi connectivity index (χ0n) is 19.5.